The van der Waals surface area contributed by atoms with Crippen LogP contribution in [0.15, 0.2) is 462 Å². The van der Waals surface area contributed by atoms with Crippen LogP contribution in [0.5, 0.6) is 0 Å². The fraction of sp³-hybridized carbons (Fsp3) is 0. The third kappa shape index (κ3) is 15.2. The lowest BCUT2D eigenvalue weighted by Crippen LogP contribution is -1.93. The second-order valence-corrected chi connectivity index (χ2v) is 30.1. The van der Waals surface area contributed by atoms with Crippen molar-refractivity contribution in [3.8, 4) is 212 Å². The number of rotatable bonds is 19. The molecule has 120 heavy (non-hydrogen) atoms. The maximum absolute atomic E-state index is 5.23. The SMILES string of the molecule is c1ccc(-c2ccnc(-c3ccc(-c4ccccc4-c4cc(-c5ccccc5-c5ccc(-c6ccccn6)cc5)cc(-c5ccccc5-c5ccc(-c6ccc(-c7ccccc7-c7cc(-c8ccccc8-c8ccc(-c9ccccn9)cc8)cc(-c8ccccc8-c8ccc(-c9cc(-c%10ccccc%10)ccn9)cc8)c7)cn6)nc5)c4)cc3)c2)cc1. The first-order valence-electron chi connectivity index (χ1n) is 40.6. The van der Waals surface area contributed by atoms with Crippen LogP contribution < -0.4 is 0 Å². The van der Waals surface area contributed by atoms with Crippen LogP contribution in [-0.4, -0.2) is 29.9 Å². The van der Waals surface area contributed by atoms with Crippen molar-refractivity contribution >= 4 is 0 Å². The fourth-order valence-electron chi connectivity index (χ4n) is 16.7. The number of benzene rings is 14. The highest BCUT2D eigenvalue weighted by atomic mass is 14.8. The molecule has 0 unspecified atom stereocenters. The van der Waals surface area contributed by atoms with Gasteiger partial charge in [-0.25, -0.2) is 0 Å². The van der Waals surface area contributed by atoms with Gasteiger partial charge in [0.25, 0.3) is 0 Å². The fourth-order valence-corrected chi connectivity index (χ4v) is 16.7. The molecule has 0 fully saturated rings. The molecule has 0 radical (unpaired) electrons. The molecule has 0 aliphatic carbocycles. The maximum atomic E-state index is 5.23. The van der Waals surface area contributed by atoms with Crippen LogP contribution in [0.3, 0.4) is 0 Å². The molecule has 562 valence electrons. The molecule has 20 aromatic rings. The Morgan fingerprint density at radius 1 is 0.100 bits per heavy atom. The summed E-state index contributed by atoms with van der Waals surface area (Å²) in [6, 6.07) is 152. The van der Waals surface area contributed by atoms with Gasteiger partial charge in [0.2, 0.25) is 0 Å². The lowest BCUT2D eigenvalue weighted by molar-refractivity contribution is 1.25. The molecule has 0 spiro atoms. The molecule has 0 amide bonds. The summed E-state index contributed by atoms with van der Waals surface area (Å²) in [6.45, 7) is 0. The zero-order chi connectivity index (χ0) is 79.9. The molecule has 14 aromatic carbocycles. The summed E-state index contributed by atoms with van der Waals surface area (Å²) in [5, 5.41) is 0. The number of pyridine rings is 6. The minimum atomic E-state index is 0.774. The molecule has 0 saturated heterocycles. The smallest absolute Gasteiger partial charge is 0.0886 e. The molecule has 0 aliphatic heterocycles. The monoisotopic (exact) mass is 1530 g/mol. The van der Waals surface area contributed by atoms with Gasteiger partial charge in [0.05, 0.1) is 34.2 Å². The number of hydrogen-bond acceptors (Lipinski definition) is 6. The predicted molar refractivity (Wildman–Crippen MR) is 496 cm³/mol. The van der Waals surface area contributed by atoms with Crippen LogP contribution in [0.1, 0.15) is 0 Å². The van der Waals surface area contributed by atoms with Crippen LogP contribution in [-0.2, 0) is 0 Å². The van der Waals surface area contributed by atoms with E-state index in [4.69, 9.17) is 19.9 Å². The Bertz CT molecular complexity index is 6630. The molecule has 0 saturated carbocycles. The Morgan fingerprint density at radius 3 is 0.567 bits per heavy atom. The summed E-state index contributed by atoms with van der Waals surface area (Å²) in [4.78, 5) is 29.4. The molecular formula is C114H76N6. The molecular weight excluding hydrogens is 1450 g/mol. The largest absolute Gasteiger partial charge is 0.256 e. The van der Waals surface area contributed by atoms with Gasteiger partial charge < -0.3 is 0 Å². The van der Waals surface area contributed by atoms with Gasteiger partial charge in [-0.15, -0.1) is 0 Å². The third-order valence-corrected chi connectivity index (χ3v) is 22.7. The van der Waals surface area contributed by atoms with Gasteiger partial charge in [-0.05, 0) is 242 Å². The zero-order valence-electron chi connectivity index (χ0n) is 65.6. The third-order valence-electron chi connectivity index (χ3n) is 22.7. The van der Waals surface area contributed by atoms with Crippen molar-refractivity contribution in [2.24, 2.45) is 0 Å². The van der Waals surface area contributed by atoms with E-state index in [1.54, 1.807) is 0 Å². The van der Waals surface area contributed by atoms with E-state index in [1.165, 1.54) is 0 Å². The summed E-state index contributed by atoms with van der Waals surface area (Å²) in [5.74, 6) is 0. The Labute approximate surface area is 699 Å². The van der Waals surface area contributed by atoms with Gasteiger partial charge in [-0.3, -0.25) is 29.9 Å². The number of nitrogens with zero attached hydrogens (tertiary/aromatic N) is 6. The van der Waals surface area contributed by atoms with E-state index in [-0.39, 0.29) is 0 Å². The molecule has 0 N–H and O–H groups in total. The summed E-state index contributed by atoms with van der Waals surface area (Å²) in [6.07, 6.45) is 11.5. The van der Waals surface area contributed by atoms with Crippen molar-refractivity contribution in [3.05, 3.63) is 462 Å². The van der Waals surface area contributed by atoms with Gasteiger partial charge in [-0.1, -0.05) is 328 Å². The van der Waals surface area contributed by atoms with Gasteiger partial charge >= 0.3 is 0 Å². The minimum absolute atomic E-state index is 0.774. The summed E-state index contributed by atoms with van der Waals surface area (Å²) >= 11 is 0. The lowest BCUT2D eigenvalue weighted by Gasteiger charge is -2.18. The average molecular weight is 1530 g/mol. The standard InChI is InChI=1S/C114H76N6/c1-3-23-77(24-4-1)87-61-65-117-113(73-87)85-53-45-81(46-54-85)99-29-9-15-35-105(99)93-67-91(103-33-13-7-27-97(103)79-41-49-83(50-42-79)109-39-19-21-63-115-109)69-95(71-93)107-37-17-11-31-101(107)89-57-59-111(119-75-89)112-60-58-90(76-120-112)102-32-12-18-38-108(102)96-70-92(104-34-14-8-28-98(104)80-43-51-84(52-44-80)110-40-20-22-64-116-110)68-94(72-96)106-36-16-10-30-100(106)82-47-55-86(56-48-82)114-74-88(62-66-118-114)78-25-5-2-6-26-78/h1-76H. The summed E-state index contributed by atoms with van der Waals surface area (Å²) in [5.41, 5.74) is 40.4. The van der Waals surface area contributed by atoms with Gasteiger partial charge in [0.1, 0.15) is 0 Å². The number of hydrogen-bond donors (Lipinski definition) is 0. The van der Waals surface area contributed by atoms with Crippen LogP contribution in [0.25, 0.3) is 212 Å². The lowest BCUT2D eigenvalue weighted by atomic mass is 9.86. The van der Waals surface area contributed by atoms with Gasteiger partial charge in [0, 0.05) is 70.6 Å². The molecule has 0 bridgehead atoms. The normalized spacial score (nSPS) is 11.2. The van der Waals surface area contributed by atoms with Gasteiger partial charge in [-0.2, -0.15) is 0 Å². The molecule has 0 aliphatic rings. The van der Waals surface area contributed by atoms with Crippen molar-refractivity contribution < 1.29 is 0 Å². The molecule has 20 rings (SSSR count). The minimum Gasteiger partial charge on any atom is -0.256 e. The highest BCUT2D eigenvalue weighted by Gasteiger charge is 2.21. The highest BCUT2D eigenvalue weighted by molar-refractivity contribution is 5.98. The van der Waals surface area contributed by atoms with E-state index in [0.29, 0.717) is 0 Å². The average Bonchev–Trinajstić information content (AvgIpc) is 0.776. The zero-order valence-corrected chi connectivity index (χ0v) is 65.6. The van der Waals surface area contributed by atoms with E-state index in [0.717, 1.165) is 212 Å². The second-order valence-electron chi connectivity index (χ2n) is 30.1. The highest BCUT2D eigenvalue weighted by Crippen LogP contribution is 2.47. The van der Waals surface area contributed by atoms with Crippen LogP contribution >= 0.6 is 0 Å². The van der Waals surface area contributed by atoms with E-state index in [9.17, 15) is 0 Å². The molecule has 6 heterocycles. The van der Waals surface area contributed by atoms with Crippen LogP contribution in [0.2, 0.25) is 0 Å². The Balaban J connectivity index is 0.637. The predicted octanol–water partition coefficient (Wildman–Crippen LogP) is 29.7. The summed E-state index contributed by atoms with van der Waals surface area (Å²) < 4.78 is 0. The van der Waals surface area contributed by atoms with Gasteiger partial charge in [0.15, 0.2) is 0 Å². The van der Waals surface area contributed by atoms with Crippen molar-refractivity contribution in [1.29, 1.82) is 0 Å². The molecule has 6 heteroatoms. The molecule has 6 nitrogen and oxygen atoms in total. The quantitative estimate of drug-likeness (QED) is 0.0803. The Morgan fingerprint density at radius 2 is 0.317 bits per heavy atom. The Kier molecular flexibility index (Phi) is 20.1. The molecule has 0 atom stereocenters. The van der Waals surface area contributed by atoms with Crippen LogP contribution in [0.4, 0.5) is 0 Å². The van der Waals surface area contributed by atoms with E-state index >= 15 is 0 Å². The van der Waals surface area contributed by atoms with E-state index < -0.39 is 0 Å². The number of aromatic nitrogens is 6. The van der Waals surface area contributed by atoms with Crippen LogP contribution in [0, 0.1) is 0 Å². The topological polar surface area (TPSA) is 77.3 Å². The van der Waals surface area contributed by atoms with Crippen molar-refractivity contribution in [2.75, 3.05) is 0 Å². The maximum Gasteiger partial charge on any atom is 0.0886 e. The first-order valence-corrected chi connectivity index (χ1v) is 40.6. The first kappa shape index (κ1) is 72.9. The van der Waals surface area contributed by atoms with Crippen molar-refractivity contribution in [3.63, 3.8) is 0 Å². The molecule has 6 aromatic heterocycles. The van der Waals surface area contributed by atoms with E-state index in [2.05, 4.69) is 398 Å². The first-order chi connectivity index (χ1) is 59.5. The Hall–Kier alpha value is -16.0. The van der Waals surface area contributed by atoms with Crippen molar-refractivity contribution in [2.45, 2.75) is 0 Å². The second kappa shape index (κ2) is 33.1. The van der Waals surface area contributed by atoms with E-state index in [1.807, 2.05) is 73.6 Å². The summed E-state index contributed by atoms with van der Waals surface area (Å²) in [7, 11) is 0. The van der Waals surface area contributed by atoms with Crippen molar-refractivity contribution in [1.82, 2.24) is 29.9 Å².